The molecular formula is C20H20N4O2. The highest BCUT2D eigenvalue weighted by Gasteiger charge is 2.23. The number of aryl methyl sites for hydroxylation is 4. The molecule has 3 heterocycles. The lowest BCUT2D eigenvalue weighted by atomic mass is 10.1. The lowest BCUT2D eigenvalue weighted by Crippen LogP contribution is -2.36. The van der Waals surface area contributed by atoms with Crippen LogP contribution >= 0.6 is 0 Å². The molecule has 0 aliphatic rings. The minimum Gasteiger partial charge on any atom is -0.294 e. The third-order valence-electron chi connectivity index (χ3n) is 4.93. The van der Waals surface area contributed by atoms with Gasteiger partial charge in [-0.05, 0) is 32.4 Å². The maximum absolute atomic E-state index is 13.0. The first-order valence-electron chi connectivity index (χ1n) is 8.47. The lowest BCUT2D eigenvalue weighted by Gasteiger charge is -2.06. The SMILES string of the molecule is Cc1ccc(-c2c3c(=O)n(C)c(=O)n(C)c3c3c(C)cc(C)nn23)cc1. The number of hydrogen-bond donors (Lipinski definition) is 0. The summed E-state index contributed by atoms with van der Waals surface area (Å²) >= 11 is 0. The second-order valence-corrected chi connectivity index (χ2v) is 6.87. The van der Waals surface area contributed by atoms with Crippen LogP contribution < -0.4 is 11.2 Å². The van der Waals surface area contributed by atoms with E-state index in [9.17, 15) is 9.59 Å². The third kappa shape index (κ3) is 2.08. The van der Waals surface area contributed by atoms with Crippen molar-refractivity contribution in [2.75, 3.05) is 0 Å². The van der Waals surface area contributed by atoms with Crippen molar-refractivity contribution in [2.24, 2.45) is 14.1 Å². The molecule has 0 aliphatic carbocycles. The highest BCUT2D eigenvalue weighted by atomic mass is 16.2. The molecule has 4 rings (SSSR count). The summed E-state index contributed by atoms with van der Waals surface area (Å²) in [7, 11) is 3.21. The van der Waals surface area contributed by atoms with Crippen molar-refractivity contribution in [2.45, 2.75) is 20.8 Å². The van der Waals surface area contributed by atoms with Crippen LogP contribution in [0.3, 0.4) is 0 Å². The Balaban J connectivity index is 2.38. The molecule has 1 aromatic carbocycles. The second-order valence-electron chi connectivity index (χ2n) is 6.87. The Labute approximate surface area is 149 Å². The van der Waals surface area contributed by atoms with Crippen molar-refractivity contribution >= 4 is 16.4 Å². The molecule has 3 aromatic heterocycles. The molecular weight excluding hydrogens is 328 g/mol. The van der Waals surface area contributed by atoms with Crippen LogP contribution in [0.2, 0.25) is 0 Å². The summed E-state index contributed by atoms with van der Waals surface area (Å²) < 4.78 is 4.50. The molecule has 0 N–H and O–H groups in total. The number of benzene rings is 1. The van der Waals surface area contributed by atoms with E-state index in [-0.39, 0.29) is 11.2 Å². The molecule has 0 saturated carbocycles. The third-order valence-corrected chi connectivity index (χ3v) is 4.93. The number of rotatable bonds is 1. The topological polar surface area (TPSA) is 61.3 Å². The van der Waals surface area contributed by atoms with Gasteiger partial charge in [0.2, 0.25) is 0 Å². The number of aromatic nitrogens is 4. The summed E-state index contributed by atoms with van der Waals surface area (Å²) in [5, 5.41) is 5.18. The van der Waals surface area contributed by atoms with Gasteiger partial charge in [-0.2, -0.15) is 5.10 Å². The van der Waals surface area contributed by atoms with Crippen LogP contribution in [0.4, 0.5) is 0 Å². The van der Waals surface area contributed by atoms with Crippen molar-refractivity contribution in [3.05, 3.63) is 68.0 Å². The van der Waals surface area contributed by atoms with Crippen LogP contribution in [0, 0.1) is 20.8 Å². The largest absolute Gasteiger partial charge is 0.331 e. The Morgan fingerprint density at radius 2 is 1.54 bits per heavy atom. The molecule has 0 amide bonds. The molecule has 4 aromatic rings. The van der Waals surface area contributed by atoms with Crippen LogP contribution in [-0.4, -0.2) is 18.7 Å². The van der Waals surface area contributed by atoms with Crippen molar-refractivity contribution in [3.8, 4) is 11.3 Å². The number of nitrogens with zero attached hydrogens (tertiary/aromatic N) is 4. The van der Waals surface area contributed by atoms with Crippen LogP contribution in [0.15, 0.2) is 39.9 Å². The standard InChI is InChI=1S/C20H20N4O2/c1-11-6-8-14(9-7-11)17-15-18(22(4)20(26)23(5)19(15)25)16-12(2)10-13(3)21-24(16)17/h6-10H,1-5H3. The normalized spacial score (nSPS) is 11.6. The van der Waals surface area contributed by atoms with Crippen LogP contribution in [-0.2, 0) is 14.1 Å². The zero-order chi connectivity index (χ0) is 18.7. The van der Waals surface area contributed by atoms with Crippen LogP contribution in [0.5, 0.6) is 0 Å². The van der Waals surface area contributed by atoms with Gasteiger partial charge in [-0.1, -0.05) is 29.8 Å². The van der Waals surface area contributed by atoms with Crippen LogP contribution in [0.1, 0.15) is 16.8 Å². The fourth-order valence-corrected chi connectivity index (χ4v) is 3.65. The zero-order valence-electron chi connectivity index (χ0n) is 15.5. The van der Waals surface area contributed by atoms with Crippen LogP contribution in [0.25, 0.3) is 27.7 Å². The first kappa shape index (κ1) is 16.3. The average molecular weight is 348 g/mol. The summed E-state index contributed by atoms with van der Waals surface area (Å²) in [5.41, 5.74) is 5.35. The number of fused-ring (bicyclic) bond motifs is 3. The fraction of sp³-hybridized carbons (Fsp3) is 0.250. The van der Waals surface area contributed by atoms with Gasteiger partial charge in [-0.3, -0.25) is 13.9 Å². The first-order chi connectivity index (χ1) is 12.3. The Bertz CT molecular complexity index is 1300. The fourth-order valence-electron chi connectivity index (χ4n) is 3.65. The van der Waals surface area contributed by atoms with Gasteiger partial charge < -0.3 is 0 Å². The zero-order valence-corrected chi connectivity index (χ0v) is 15.5. The van der Waals surface area contributed by atoms with Crippen molar-refractivity contribution < 1.29 is 0 Å². The van der Waals surface area contributed by atoms with E-state index in [0.717, 1.165) is 38.2 Å². The summed E-state index contributed by atoms with van der Waals surface area (Å²) in [6.07, 6.45) is 0. The average Bonchev–Trinajstić information content (AvgIpc) is 2.94. The van der Waals surface area contributed by atoms with E-state index in [0.29, 0.717) is 10.9 Å². The molecule has 0 spiro atoms. The molecule has 6 nitrogen and oxygen atoms in total. The summed E-state index contributed by atoms with van der Waals surface area (Å²) in [6.45, 7) is 5.92. The van der Waals surface area contributed by atoms with E-state index in [1.807, 2.05) is 51.1 Å². The van der Waals surface area contributed by atoms with Crippen molar-refractivity contribution in [3.63, 3.8) is 0 Å². The van der Waals surface area contributed by atoms with Gasteiger partial charge in [0.05, 0.1) is 27.8 Å². The Kier molecular flexibility index (Phi) is 3.41. The molecule has 0 radical (unpaired) electrons. The van der Waals surface area contributed by atoms with Gasteiger partial charge in [-0.25, -0.2) is 9.31 Å². The van der Waals surface area contributed by atoms with E-state index >= 15 is 0 Å². The Morgan fingerprint density at radius 1 is 0.885 bits per heavy atom. The minimum atomic E-state index is -0.342. The molecule has 0 unspecified atom stereocenters. The van der Waals surface area contributed by atoms with Crippen molar-refractivity contribution in [1.29, 1.82) is 0 Å². The maximum Gasteiger partial charge on any atom is 0.331 e. The van der Waals surface area contributed by atoms with E-state index in [1.54, 1.807) is 11.6 Å². The van der Waals surface area contributed by atoms with E-state index in [1.165, 1.54) is 11.6 Å². The molecule has 0 bridgehead atoms. The highest BCUT2D eigenvalue weighted by Crippen LogP contribution is 2.32. The molecule has 0 fully saturated rings. The summed E-state index contributed by atoms with van der Waals surface area (Å²) in [5.74, 6) is 0. The lowest BCUT2D eigenvalue weighted by molar-refractivity contribution is 0.715. The van der Waals surface area contributed by atoms with E-state index in [4.69, 9.17) is 0 Å². The predicted molar refractivity (Wildman–Crippen MR) is 103 cm³/mol. The summed E-state index contributed by atoms with van der Waals surface area (Å²) in [6, 6.07) is 9.96. The summed E-state index contributed by atoms with van der Waals surface area (Å²) in [4.78, 5) is 25.5. The molecule has 26 heavy (non-hydrogen) atoms. The molecule has 132 valence electrons. The monoisotopic (exact) mass is 348 g/mol. The second kappa shape index (κ2) is 5.42. The maximum atomic E-state index is 13.0. The van der Waals surface area contributed by atoms with Crippen molar-refractivity contribution in [1.82, 2.24) is 18.7 Å². The first-order valence-corrected chi connectivity index (χ1v) is 8.47. The Morgan fingerprint density at radius 3 is 2.19 bits per heavy atom. The smallest absolute Gasteiger partial charge is 0.294 e. The molecule has 6 heteroatoms. The molecule has 0 aliphatic heterocycles. The molecule has 0 atom stereocenters. The molecule has 0 saturated heterocycles. The van der Waals surface area contributed by atoms with Gasteiger partial charge in [0.25, 0.3) is 5.56 Å². The van der Waals surface area contributed by atoms with Gasteiger partial charge in [0.15, 0.2) is 0 Å². The predicted octanol–water partition coefficient (Wildman–Crippen LogP) is 2.48. The minimum absolute atomic E-state index is 0.304. The van der Waals surface area contributed by atoms with Gasteiger partial charge in [-0.15, -0.1) is 0 Å². The van der Waals surface area contributed by atoms with Gasteiger partial charge in [0, 0.05) is 19.7 Å². The van der Waals surface area contributed by atoms with E-state index < -0.39 is 0 Å². The quantitative estimate of drug-likeness (QED) is 0.531. The van der Waals surface area contributed by atoms with Gasteiger partial charge >= 0.3 is 5.69 Å². The van der Waals surface area contributed by atoms with E-state index in [2.05, 4.69) is 5.10 Å². The number of hydrogen-bond acceptors (Lipinski definition) is 3. The van der Waals surface area contributed by atoms with Gasteiger partial charge in [0.1, 0.15) is 0 Å². The Hall–Kier alpha value is -3.15. The highest BCUT2D eigenvalue weighted by molar-refractivity contribution is 6.04.